The molecule has 2 heteroatoms. The molecule has 0 saturated carbocycles. The Kier molecular flexibility index (Phi) is 5.86. The highest BCUT2D eigenvalue weighted by Gasteiger charge is 2.18. The van der Waals surface area contributed by atoms with Gasteiger partial charge >= 0.3 is 0 Å². The van der Waals surface area contributed by atoms with Gasteiger partial charge in [-0.05, 0) is 50.2 Å². The fraction of sp³-hybridized carbons (Fsp3) is 0.647. The fourth-order valence-electron chi connectivity index (χ4n) is 2.11. The number of aryl methyl sites for hydroxylation is 1. The largest absolute Gasteiger partial charge is 0.493 e. The van der Waals surface area contributed by atoms with E-state index in [4.69, 9.17) is 10.5 Å². The molecule has 0 spiro atoms. The molecular formula is C17H29NO. The van der Waals surface area contributed by atoms with Crippen LogP contribution in [0.25, 0.3) is 0 Å². The molecule has 0 saturated heterocycles. The molecule has 0 aliphatic carbocycles. The topological polar surface area (TPSA) is 35.2 Å². The molecule has 2 N–H and O–H groups in total. The summed E-state index contributed by atoms with van der Waals surface area (Å²) in [4.78, 5) is 0. The van der Waals surface area contributed by atoms with Crippen molar-refractivity contribution in [2.24, 2.45) is 5.73 Å². The molecule has 2 nitrogen and oxygen atoms in total. The summed E-state index contributed by atoms with van der Waals surface area (Å²) >= 11 is 0. The molecule has 1 atom stereocenters. The summed E-state index contributed by atoms with van der Waals surface area (Å²) in [5.74, 6) is 1.03. The van der Waals surface area contributed by atoms with Crippen LogP contribution in [-0.4, -0.2) is 12.6 Å². The fourth-order valence-corrected chi connectivity index (χ4v) is 2.11. The molecule has 0 heterocycles. The lowest BCUT2D eigenvalue weighted by Crippen LogP contribution is -2.15. The third-order valence-corrected chi connectivity index (χ3v) is 3.25. The van der Waals surface area contributed by atoms with Crippen LogP contribution in [0.15, 0.2) is 18.2 Å². The maximum Gasteiger partial charge on any atom is 0.123 e. The highest BCUT2D eigenvalue weighted by atomic mass is 16.5. The van der Waals surface area contributed by atoms with Crippen molar-refractivity contribution >= 4 is 0 Å². The zero-order valence-corrected chi connectivity index (χ0v) is 13.1. The summed E-state index contributed by atoms with van der Waals surface area (Å²) in [6.07, 6.45) is 3.27. The van der Waals surface area contributed by atoms with Crippen molar-refractivity contribution < 1.29 is 4.74 Å². The van der Waals surface area contributed by atoms with Crippen LogP contribution in [0.4, 0.5) is 0 Å². The van der Waals surface area contributed by atoms with Crippen LogP contribution in [0.2, 0.25) is 0 Å². The van der Waals surface area contributed by atoms with E-state index >= 15 is 0 Å². The van der Waals surface area contributed by atoms with Crippen LogP contribution in [0.3, 0.4) is 0 Å². The second kappa shape index (κ2) is 6.95. The van der Waals surface area contributed by atoms with Crippen LogP contribution in [0, 0.1) is 6.92 Å². The number of hydrogen-bond donors (Lipinski definition) is 1. The van der Waals surface area contributed by atoms with Gasteiger partial charge in [-0.3, -0.25) is 0 Å². The molecular weight excluding hydrogens is 234 g/mol. The van der Waals surface area contributed by atoms with Gasteiger partial charge < -0.3 is 10.5 Å². The maximum atomic E-state index is 5.96. The van der Waals surface area contributed by atoms with Crippen LogP contribution in [-0.2, 0) is 5.41 Å². The lowest BCUT2D eigenvalue weighted by atomic mass is 9.85. The van der Waals surface area contributed by atoms with Gasteiger partial charge in [0.05, 0.1) is 6.61 Å². The van der Waals surface area contributed by atoms with Crippen LogP contribution in [0.1, 0.15) is 58.1 Å². The predicted octanol–water partition coefficient (Wildman–Crippen LogP) is 4.19. The second-order valence-corrected chi connectivity index (χ2v) is 6.57. The summed E-state index contributed by atoms with van der Waals surface area (Å²) < 4.78 is 5.96. The van der Waals surface area contributed by atoms with Crippen LogP contribution in [0.5, 0.6) is 5.75 Å². The molecule has 1 unspecified atom stereocenters. The molecule has 0 aliphatic rings. The molecule has 0 bridgehead atoms. The van der Waals surface area contributed by atoms with E-state index in [1.54, 1.807) is 0 Å². The minimum absolute atomic E-state index is 0.118. The third kappa shape index (κ3) is 5.65. The van der Waals surface area contributed by atoms with Crippen molar-refractivity contribution in [1.82, 2.24) is 0 Å². The van der Waals surface area contributed by atoms with E-state index in [1.165, 1.54) is 11.1 Å². The molecule has 0 amide bonds. The monoisotopic (exact) mass is 263 g/mol. The quantitative estimate of drug-likeness (QED) is 0.781. The number of benzene rings is 1. The first kappa shape index (κ1) is 16.0. The van der Waals surface area contributed by atoms with E-state index in [-0.39, 0.29) is 5.41 Å². The smallest absolute Gasteiger partial charge is 0.123 e. The molecule has 0 aliphatic heterocycles. The Labute approximate surface area is 118 Å². The van der Waals surface area contributed by atoms with Gasteiger partial charge in [0, 0.05) is 6.04 Å². The molecule has 19 heavy (non-hydrogen) atoms. The van der Waals surface area contributed by atoms with Gasteiger partial charge in [-0.2, -0.15) is 0 Å². The first-order chi connectivity index (χ1) is 8.80. The summed E-state index contributed by atoms with van der Waals surface area (Å²) in [5.41, 5.74) is 8.44. The zero-order chi connectivity index (χ0) is 14.5. The summed E-state index contributed by atoms with van der Waals surface area (Å²) in [5, 5.41) is 0. The van der Waals surface area contributed by atoms with Crippen LogP contribution < -0.4 is 10.5 Å². The van der Waals surface area contributed by atoms with Gasteiger partial charge in [0.1, 0.15) is 5.75 Å². The first-order valence-electron chi connectivity index (χ1n) is 7.30. The predicted molar refractivity (Wildman–Crippen MR) is 82.9 cm³/mol. The average molecular weight is 263 g/mol. The molecule has 1 aromatic carbocycles. The normalized spacial score (nSPS) is 13.4. The minimum atomic E-state index is 0.118. The number of nitrogens with two attached hydrogens (primary N) is 1. The van der Waals surface area contributed by atoms with E-state index in [0.717, 1.165) is 31.6 Å². The number of hydrogen-bond acceptors (Lipinski definition) is 2. The van der Waals surface area contributed by atoms with Crippen molar-refractivity contribution in [1.29, 1.82) is 0 Å². The van der Waals surface area contributed by atoms with Gasteiger partial charge in [0.15, 0.2) is 0 Å². The molecule has 0 fully saturated rings. The van der Waals surface area contributed by atoms with Gasteiger partial charge in [0.2, 0.25) is 0 Å². The van der Waals surface area contributed by atoms with E-state index in [9.17, 15) is 0 Å². The van der Waals surface area contributed by atoms with Gasteiger partial charge in [0.25, 0.3) is 0 Å². The Hall–Kier alpha value is -1.02. The standard InChI is InChI=1S/C17H29NO/c1-13-9-10-16(15(12-13)17(3,4)5)19-11-7-6-8-14(2)18/h9-10,12,14H,6-8,11,18H2,1-5H3. The Balaban J connectivity index is 2.58. The SMILES string of the molecule is Cc1ccc(OCCCCC(C)N)c(C(C)(C)C)c1. The van der Waals surface area contributed by atoms with Crippen LogP contribution >= 0.6 is 0 Å². The molecule has 0 radical (unpaired) electrons. The molecule has 0 aromatic heterocycles. The van der Waals surface area contributed by atoms with Crippen molar-refractivity contribution in [2.45, 2.75) is 65.3 Å². The maximum absolute atomic E-state index is 5.96. The molecule has 1 aromatic rings. The molecule has 1 rings (SSSR count). The van der Waals surface area contributed by atoms with E-state index < -0.39 is 0 Å². The Morgan fingerprint density at radius 2 is 1.89 bits per heavy atom. The Morgan fingerprint density at radius 3 is 2.47 bits per heavy atom. The molecule has 108 valence electrons. The Morgan fingerprint density at radius 1 is 1.21 bits per heavy atom. The zero-order valence-electron chi connectivity index (χ0n) is 13.1. The third-order valence-electron chi connectivity index (χ3n) is 3.25. The highest BCUT2D eigenvalue weighted by Crippen LogP contribution is 2.32. The van der Waals surface area contributed by atoms with Gasteiger partial charge in [-0.1, -0.05) is 38.5 Å². The van der Waals surface area contributed by atoms with Crippen molar-refractivity contribution in [2.75, 3.05) is 6.61 Å². The van der Waals surface area contributed by atoms with E-state index in [1.807, 2.05) is 0 Å². The summed E-state index contributed by atoms with van der Waals surface area (Å²) in [6.45, 7) is 11.6. The number of rotatable bonds is 6. The number of ether oxygens (including phenoxy) is 1. The lowest BCUT2D eigenvalue weighted by Gasteiger charge is -2.23. The van der Waals surface area contributed by atoms with E-state index in [2.05, 4.69) is 52.8 Å². The number of unbranched alkanes of at least 4 members (excludes halogenated alkanes) is 1. The van der Waals surface area contributed by atoms with Crippen molar-refractivity contribution in [3.63, 3.8) is 0 Å². The first-order valence-corrected chi connectivity index (χ1v) is 7.30. The van der Waals surface area contributed by atoms with Crippen molar-refractivity contribution in [3.05, 3.63) is 29.3 Å². The van der Waals surface area contributed by atoms with Crippen molar-refractivity contribution in [3.8, 4) is 5.75 Å². The average Bonchev–Trinajstić information content (AvgIpc) is 2.28. The minimum Gasteiger partial charge on any atom is -0.493 e. The summed E-state index contributed by atoms with van der Waals surface area (Å²) in [6, 6.07) is 6.75. The van der Waals surface area contributed by atoms with Gasteiger partial charge in [-0.25, -0.2) is 0 Å². The summed E-state index contributed by atoms with van der Waals surface area (Å²) in [7, 11) is 0. The highest BCUT2D eigenvalue weighted by molar-refractivity contribution is 5.41. The Bertz CT molecular complexity index is 391. The second-order valence-electron chi connectivity index (χ2n) is 6.57. The van der Waals surface area contributed by atoms with E-state index in [0.29, 0.717) is 6.04 Å². The lowest BCUT2D eigenvalue weighted by molar-refractivity contribution is 0.296. The van der Waals surface area contributed by atoms with Gasteiger partial charge in [-0.15, -0.1) is 0 Å².